The van der Waals surface area contributed by atoms with Gasteiger partial charge in [0.15, 0.2) is 0 Å². The number of benzene rings is 2. The van der Waals surface area contributed by atoms with E-state index in [2.05, 4.69) is 65.8 Å². The predicted octanol–water partition coefficient (Wildman–Crippen LogP) is 11.1. The van der Waals surface area contributed by atoms with E-state index in [0.29, 0.717) is 29.6 Å². The summed E-state index contributed by atoms with van der Waals surface area (Å²) in [4.78, 5) is 14.1. The fourth-order valence-corrected chi connectivity index (χ4v) is 8.06. The lowest BCUT2D eigenvalue weighted by atomic mass is 9.72. The van der Waals surface area contributed by atoms with Crippen LogP contribution < -0.4 is 14.4 Å². The van der Waals surface area contributed by atoms with Crippen LogP contribution in [0.25, 0.3) is 0 Å². The number of anilines is 1. The van der Waals surface area contributed by atoms with Crippen molar-refractivity contribution in [3.8, 4) is 11.5 Å². The minimum atomic E-state index is -0.477. The zero-order chi connectivity index (χ0) is 34.0. The van der Waals surface area contributed by atoms with Gasteiger partial charge in [0.1, 0.15) is 17.1 Å². The van der Waals surface area contributed by atoms with E-state index < -0.39 is 5.60 Å². The van der Waals surface area contributed by atoms with Gasteiger partial charge >= 0.3 is 6.09 Å². The highest BCUT2D eigenvalue weighted by atomic mass is 16.6. The van der Waals surface area contributed by atoms with Crippen molar-refractivity contribution in [3.63, 3.8) is 0 Å². The summed E-state index contributed by atoms with van der Waals surface area (Å²) < 4.78 is 18.0. The molecule has 0 spiro atoms. The van der Waals surface area contributed by atoms with Crippen molar-refractivity contribution in [3.05, 3.63) is 53.1 Å². The van der Waals surface area contributed by atoms with Crippen LogP contribution in [0, 0.1) is 22.7 Å². The lowest BCUT2D eigenvalue weighted by molar-refractivity contribution is 0.0583. The molecule has 0 saturated heterocycles. The van der Waals surface area contributed by atoms with Crippen molar-refractivity contribution in [2.75, 3.05) is 11.4 Å². The third-order valence-corrected chi connectivity index (χ3v) is 11.0. The molecular weight excluding hydrogens is 582 g/mol. The minimum Gasteiger partial charge on any atom is -0.490 e. The van der Waals surface area contributed by atoms with Crippen LogP contribution in [0.3, 0.4) is 0 Å². The third kappa shape index (κ3) is 9.70. The van der Waals surface area contributed by atoms with Gasteiger partial charge in [-0.05, 0) is 168 Å². The van der Waals surface area contributed by atoms with Gasteiger partial charge in [-0.2, -0.15) is 0 Å². The van der Waals surface area contributed by atoms with Crippen LogP contribution in [-0.2, 0) is 24.0 Å². The van der Waals surface area contributed by atoms with Gasteiger partial charge < -0.3 is 14.2 Å². The summed E-state index contributed by atoms with van der Waals surface area (Å²) in [6.45, 7) is 20.5. The molecule has 260 valence electrons. The van der Waals surface area contributed by atoms with Crippen LogP contribution in [0.4, 0.5) is 10.5 Å². The average Bonchev–Trinajstić information content (AvgIpc) is 3.63. The van der Waals surface area contributed by atoms with Crippen molar-refractivity contribution in [2.45, 2.75) is 157 Å². The minimum absolute atomic E-state index is 0.268. The summed E-state index contributed by atoms with van der Waals surface area (Å²) in [6.07, 6.45) is 15.0. The normalized spacial score (nSPS) is 24.5. The summed E-state index contributed by atoms with van der Waals surface area (Å²) in [5.41, 5.74) is 5.55. The summed E-state index contributed by atoms with van der Waals surface area (Å²) in [7, 11) is 0. The van der Waals surface area contributed by atoms with E-state index in [9.17, 15) is 4.79 Å². The predicted molar refractivity (Wildman–Crippen MR) is 194 cm³/mol. The number of aryl methyl sites for hydroxylation is 2. The zero-order valence-electron chi connectivity index (χ0n) is 31.0. The molecule has 0 N–H and O–H groups in total. The highest BCUT2D eigenvalue weighted by Crippen LogP contribution is 2.41. The number of nitrogens with zero attached hydrogens (tertiary/aromatic N) is 1. The number of ether oxygens (including phenoxy) is 3. The SMILES string of the molecule is CC(C)(C)C1CCC(Oc2ccc3c(c2)CCC3)CC1.CC(C)(C)OC(=O)N1CCc2cc(OC3CCC(C(C)(C)C)CC3)ccc21. The second kappa shape index (κ2) is 14.4. The van der Waals surface area contributed by atoms with E-state index in [0.717, 1.165) is 48.3 Å². The molecule has 2 aromatic rings. The van der Waals surface area contributed by atoms with Gasteiger partial charge in [-0.3, -0.25) is 4.90 Å². The summed E-state index contributed by atoms with van der Waals surface area (Å²) in [6, 6.07) is 12.9. The average molecular weight is 646 g/mol. The number of hydrogen-bond acceptors (Lipinski definition) is 4. The number of carbonyl (C=O) groups is 1. The highest BCUT2D eigenvalue weighted by molar-refractivity contribution is 5.90. The van der Waals surface area contributed by atoms with Gasteiger partial charge in [-0.15, -0.1) is 0 Å². The van der Waals surface area contributed by atoms with Gasteiger partial charge in [0.05, 0.1) is 17.9 Å². The fraction of sp³-hybridized carbons (Fsp3) is 0.690. The van der Waals surface area contributed by atoms with Crippen molar-refractivity contribution in [1.82, 2.24) is 0 Å². The van der Waals surface area contributed by atoms with E-state index in [1.807, 2.05) is 32.9 Å². The molecule has 2 fully saturated rings. The standard InChI is InChI=1S/C23H35NO3.C19H28O/c1-22(2,3)17-7-9-18(10-8-17)26-19-11-12-20-16(15-19)13-14-24(20)21(25)27-23(4,5)6;1-19(2,3)16-8-11-17(12-9-16)20-18-10-7-14-5-4-6-15(14)13-18/h11-12,15,17-18H,7-10,13-14H2,1-6H3;7,10,13,16-17H,4-6,8-9,11-12H2,1-3H3. The quantitative estimate of drug-likeness (QED) is 0.332. The monoisotopic (exact) mass is 645 g/mol. The fourth-order valence-electron chi connectivity index (χ4n) is 8.06. The second-order valence-corrected chi connectivity index (χ2v) is 17.9. The topological polar surface area (TPSA) is 48.0 Å². The Morgan fingerprint density at radius 2 is 1.11 bits per heavy atom. The molecule has 2 saturated carbocycles. The maximum absolute atomic E-state index is 12.4. The number of carbonyl (C=O) groups excluding carboxylic acids is 1. The Kier molecular flexibility index (Phi) is 10.9. The van der Waals surface area contributed by atoms with E-state index >= 15 is 0 Å². The Bertz CT molecular complexity index is 1340. The highest BCUT2D eigenvalue weighted by Gasteiger charge is 2.33. The maximum Gasteiger partial charge on any atom is 0.414 e. The Hall–Kier alpha value is -2.69. The van der Waals surface area contributed by atoms with Gasteiger partial charge in [0, 0.05) is 6.54 Å². The molecule has 5 heteroatoms. The van der Waals surface area contributed by atoms with E-state index in [1.54, 1.807) is 4.90 Å². The molecule has 1 heterocycles. The first-order valence-electron chi connectivity index (χ1n) is 18.6. The Morgan fingerprint density at radius 1 is 0.617 bits per heavy atom. The molecule has 4 aliphatic rings. The van der Waals surface area contributed by atoms with Crippen LogP contribution in [0.15, 0.2) is 36.4 Å². The smallest absolute Gasteiger partial charge is 0.414 e. The van der Waals surface area contributed by atoms with Crippen LogP contribution in [0.5, 0.6) is 11.5 Å². The van der Waals surface area contributed by atoms with Crippen LogP contribution in [0.2, 0.25) is 0 Å². The molecule has 1 amide bonds. The molecule has 0 radical (unpaired) electrons. The van der Waals surface area contributed by atoms with Gasteiger partial charge in [0.2, 0.25) is 0 Å². The summed E-state index contributed by atoms with van der Waals surface area (Å²) >= 11 is 0. The molecule has 0 aromatic heterocycles. The molecule has 5 nitrogen and oxygen atoms in total. The number of hydrogen-bond donors (Lipinski definition) is 0. The van der Waals surface area contributed by atoms with E-state index in [1.165, 1.54) is 74.5 Å². The third-order valence-electron chi connectivity index (χ3n) is 11.0. The molecule has 2 aromatic carbocycles. The van der Waals surface area contributed by atoms with Gasteiger partial charge in [-0.25, -0.2) is 4.79 Å². The molecule has 0 bridgehead atoms. The van der Waals surface area contributed by atoms with Crippen molar-refractivity contribution < 1.29 is 19.0 Å². The molecule has 0 atom stereocenters. The molecule has 3 aliphatic carbocycles. The largest absolute Gasteiger partial charge is 0.490 e. The number of amides is 1. The lowest BCUT2D eigenvalue weighted by Crippen LogP contribution is -2.35. The van der Waals surface area contributed by atoms with Crippen LogP contribution in [-0.4, -0.2) is 30.4 Å². The first-order valence-corrected chi connectivity index (χ1v) is 18.6. The van der Waals surface area contributed by atoms with Crippen LogP contribution in [0.1, 0.15) is 137 Å². The van der Waals surface area contributed by atoms with Gasteiger partial charge in [0.25, 0.3) is 0 Å². The first kappa shape index (κ1) is 35.6. The van der Waals surface area contributed by atoms with E-state index in [4.69, 9.17) is 14.2 Å². The second-order valence-electron chi connectivity index (χ2n) is 17.9. The molecular formula is C42H63NO4. The Morgan fingerprint density at radius 3 is 1.62 bits per heavy atom. The van der Waals surface area contributed by atoms with Crippen molar-refractivity contribution in [2.24, 2.45) is 22.7 Å². The Balaban J connectivity index is 0.000000193. The van der Waals surface area contributed by atoms with E-state index in [-0.39, 0.29) is 6.09 Å². The van der Waals surface area contributed by atoms with Crippen molar-refractivity contribution >= 4 is 11.8 Å². The first-order chi connectivity index (χ1) is 22.0. The summed E-state index contributed by atoms with van der Waals surface area (Å²) in [5, 5.41) is 0. The van der Waals surface area contributed by atoms with Crippen molar-refractivity contribution in [1.29, 1.82) is 0 Å². The molecule has 0 unspecified atom stereocenters. The van der Waals surface area contributed by atoms with Gasteiger partial charge in [-0.1, -0.05) is 47.6 Å². The summed E-state index contributed by atoms with van der Waals surface area (Å²) in [5.74, 6) is 3.69. The van der Waals surface area contributed by atoms with Crippen LogP contribution >= 0.6 is 0 Å². The number of rotatable bonds is 4. The number of fused-ring (bicyclic) bond motifs is 2. The maximum atomic E-state index is 12.4. The Labute approximate surface area is 286 Å². The molecule has 6 rings (SSSR count). The lowest BCUT2D eigenvalue weighted by Gasteiger charge is -2.37. The molecule has 47 heavy (non-hydrogen) atoms. The zero-order valence-corrected chi connectivity index (χ0v) is 31.0. The molecule has 1 aliphatic heterocycles.